The molecule has 5 heteroatoms. The summed E-state index contributed by atoms with van der Waals surface area (Å²) in [6.07, 6.45) is 0. The van der Waals surface area contributed by atoms with Crippen LogP contribution in [-0.4, -0.2) is 23.7 Å². The van der Waals surface area contributed by atoms with Gasteiger partial charge in [0, 0.05) is 6.07 Å². The summed E-state index contributed by atoms with van der Waals surface area (Å²) >= 11 is 0. The topological polar surface area (TPSA) is 64.4 Å². The molecule has 100 valence electrons. The molecule has 0 saturated heterocycles. The van der Waals surface area contributed by atoms with Crippen LogP contribution in [0.15, 0.2) is 40.9 Å². The van der Waals surface area contributed by atoms with E-state index in [1.807, 2.05) is 37.3 Å². The highest BCUT2D eigenvalue weighted by Crippen LogP contribution is 2.08. The van der Waals surface area contributed by atoms with Gasteiger partial charge in [0.25, 0.3) is 5.91 Å². The van der Waals surface area contributed by atoms with Crippen LogP contribution >= 0.6 is 0 Å². The molecule has 5 nitrogen and oxygen atoms in total. The standard InChI is InChI=1S/C14H16N2O3/c1-10(9-18-12-6-4-3-5-7-12)15-14(17)13-8-11(2)19-16-13/h3-8,10H,9H2,1-2H3,(H,15,17). The lowest BCUT2D eigenvalue weighted by atomic mass is 10.3. The van der Waals surface area contributed by atoms with E-state index in [-0.39, 0.29) is 17.6 Å². The quantitative estimate of drug-likeness (QED) is 0.895. The lowest BCUT2D eigenvalue weighted by Crippen LogP contribution is -2.36. The van der Waals surface area contributed by atoms with E-state index < -0.39 is 0 Å². The highest BCUT2D eigenvalue weighted by molar-refractivity contribution is 5.92. The Morgan fingerprint density at radius 3 is 2.79 bits per heavy atom. The van der Waals surface area contributed by atoms with Crippen molar-refractivity contribution in [1.29, 1.82) is 0 Å². The second kappa shape index (κ2) is 6.04. The first-order valence-corrected chi connectivity index (χ1v) is 6.07. The number of nitrogens with one attached hydrogen (secondary N) is 1. The smallest absolute Gasteiger partial charge is 0.273 e. The molecule has 0 radical (unpaired) electrons. The maximum absolute atomic E-state index is 11.8. The number of hydrogen-bond donors (Lipinski definition) is 1. The van der Waals surface area contributed by atoms with Gasteiger partial charge in [-0.25, -0.2) is 0 Å². The fourth-order valence-electron chi connectivity index (χ4n) is 1.55. The van der Waals surface area contributed by atoms with Crippen LogP contribution < -0.4 is 10.1 Å². The summed E-state index contributed by atoms with van der Waals surface area (Å²) in [5, 5.41) is 6.45. The van der Waals surface area contributed by atoms with Crippen molar-refractivity contribution in [2.45, 2.75) is 19.9 Å². The largest absolute Gasteiger partial charge is 0.491 e. The molecule has 2 aromatic rings. The lowest BCUT2D eigenvalue weighted by molar-refractivity contribution is 0.0917. The van der Waals surface area contributed by atoms with E-state index in [9.17, 15) is 4.79 Å². The van der Waals surface area contributed by atoms with Gasteiger partial charge in [0.05, 0.1) is 6.04 Å². The molecular weight excluding hydrogens is 244 g/mol. The molecule has 1 N–H and O–H groups in total. The molecular formula is C14H16N2O3. The number of aryl methyl sites for hydroxylation is 1. The van der Waals surface area contributed by atoms with Gasteiger partial charge in [-0.2, -0.15) is 0 Å². The fourth-order valence-corrected chi connectivity index (χ4v) is 1.55. The van der Waals surface area contributed by atoms with Gasteiger partial charge in [0.15, 0.2) is 5.69 Å². The molecule has 1 unspecified atom stereocenters. The van der Waals surface area contributed by atoms with Crippen LogP contribution in [-0.2, 0) is 0 Å². The first-order valence-electron chi connectivity index (χ1n) is 6.07. The Kier molecular flexibility index (Phi) is 4.18. The molecule has 0 saturated carbocycles. The molecule has 1 heterocycles. The zero-order valence-electron chi connectivity index (χ0n) is 10.9. The Labute approximate surface area is 111 Å². The number of aromatic nitrogens is 1. The minimum atomic E-state index is -0.263. The predicted molar refractivity (Wildman–Crippen MR) is 70.1 cm³/mol. The van der Waals surface area contributed by atoms with Crippen molar-refractivity contribution in [3.05, 3.63) is 47.9 Å². The number of para-hydroxylation sites is 1. The highest BCUT2D eigenvalue weighted by Gasteiger charge is 2.13. The maximum atomic E-state index is 11.8. The van der Waals surface area contributed by atoms with Crippen LogP contribution in [0.4, 0.5) is 0 Å². The summed E-state index contributed by atoms with van der Waals surface area (Å²) in [5.74, 6) is 1.13. The molecule has 0 aliphatic carbocycles. The van der Waals surface area contributed by atoms with Crippen LogP contribution in [0.5, 0.6) is 5.75 Å². The van der Waals surface area contributed by atoms with E-state index in [1.165, 1.54) is 0 Å². The highest BCUT2D eigenvalue weighted by atomic mass is 16.5. The van der Waals surface area contributed by atoms with Gasteiger partial charge in [0.1, 0.15) is 18.1 Å². The SMILES string of the molecule is Cc1cc(C(=O)NC(C)COc2ccccc2)no1. The molecule has 0 aliphatic rings. The van der Waals surface area contributed by atoms with E-state index in [4.69, 9.17) is 9.26 Å². The van der Waals surface area contributed by atoms with Crippen LogP contribution in [0.2, 0.25) is 0 Å². The average molecular weight is 260 g/mol. The van der Waals surface area contributed by atoms with Crippen molar-refractivity contribution in [3.8, 4) is 5.75 Å². The van der Waals surface area contributed by atoms with Crippen LogP contribution in [0.25, 0.3) is 0 Å². The van der Waals surface area contributed by atoms with Gasteiger partial charge in [-0.15, -0.1) is 0 Å². The van der Waals surface area contributed by atoms with Crippen molar-refractivity contribution in [1.82, 2.24) is 10.5 Å². The van der Waals surface area contributed by atoms with Gasteiger partial charge in [-0.3, -0.25) is 4.79 Å². The maximum Gasteiger partial charge on any atom is 0.273 e. The van der Waals surface area contributed by atoms with Crippen LogP contribution in [0.1, 0.15) is 23.2 Å². The molecule has 0 fully saturated rings. The third kappa shape index (κ3) is 3.84. The Bertz CT molecular complexity index is 537. The molecule has 2 rings (SSSR count). The zero-order valence-corrected chi connectivity index (χ0v) is 10.9. The number of carbonyl (C=O) groups is 1. The van der Waals surface area contributed by atoms with Gasteiger partial charge in [0.2, 0.25) is 0 Å². The van der Waals surface area contributed by atoms with Gasteiger partial charge in [-0.05, 0) is 26.0 Å². The number of amides is 1. The van der Waals surface area contributed by atoms with Crippen molar-refractivity contribution >= 4 is 5.91 Å². The summed E-state index contributed by atoms with van der Waals surface area (Å²) in [5.41, 5.74) is 0.282. The van der Waals surface area contributed by atoms with Crippen molar-refractivity contribution in [2.24, 2.45) is 0 Å². The lowest BCUT2D eigenvalue weighted by Gasteiger charge is -2.14. The number of ether oxygens (including phenoxy) is 1. The molecule has 1 aromatic carbocycles. The molecule has 0 aliphatic heterocycles. The minimum absolute atomic E-state index is 0.121. The zero-order chi connectivity index (χ0) is 13.7. The minimum Gasteiger partial charge on any atom is -0.491 e. The molecule has 1 amide bonds. The normalized spacial score (nSPS) is 11.9. The summed E-state index contributed by atoms with van der Waals surface area (Å²) in [6.45, 7) is 4.01. The summed E-state index contributed by atoms with van der Waals surface area (Å²) in [7, 11) is 0. The molecule has 19 heavy (non-hydrogen) atoms. The predicted octanol–water partition coefficient (Wildman–Crippen LogP) is 2.18. The van der Waals surface area contributed by atoms with Crippen molar-refractivity contribution < 1.29 is 14.1 Å². The fraction of sp³-hybridized carbons (Fsp3) is 0.286. The van der Waals surface area contributed by atoms with Crippen LogP contribution in [0, 0.1) is 6.92 Å². The first-order chi connectivity index (χ1) is 9.15. The Morgan fingerprint density at radius 2 is 2.16 bits per heavy atom. The van der Waals surface area contributed by atoms with E-state index in [0.29, 0.717) is 12.4 Å². The summed E-state index contributed by atoms with van der Waals surface area (Å²) in [6, 6.07) is 10.9. The van der Waals surface area contributed by atoms with Crippen LogP contribution in [0.3, 0.4) is 0 Å². The van der Waals surface area contributed by atoms with Crippen molar-refractivity contribution in [2.75, 3.05) is 6.61 Å². The van der Waals surface area contributed by atoms with Gasteiger partial charge in [-0.1, -0.05) is 23.4 Å². The second-order valence-electron chi connectivity index (χ2n) is 4.32. The third-order valence-electron chi connectivity index (χ3n) is 2.48. The molecule has 0 bridgehead atoms. The monoisotopic (exact) mass is 260 g/mol. The van der Waals surface area contributed by atoms with E-state index in [1.54, 1.807) is 13.0 Å². The Morgan fingerprint density at radius 1 is 1.42 bits per heavy atom. The molecule has 0 spiro atoms. The van der Waals surface area contributed by atoms with Gasteiger partial charge < -0.3 is 14.6 Å². The number of carbonyl (C=O) groups excluding carboxylic acids is 1. The van der Waals surface area contributed by atoms with E-state index in [0.717, 1.165) is 5.75 Å². The van der Waals surface area contributed by atoms with Crippen molar-refractivity contribution in [3.63, 3.8) is 0 Å². The molecule has 1 aromatic heterocycles. The Hall–Kier alpha value is -2.30. The second-order valence-corrected chi connectivity index (χ2v) is 4.32. The summed E-state index contributed by atoms with van der Waals surface area (Å²) < 4.78 is 10.4. The van der Waals surface area contributed by atoms with Gasteiger partial charge >= 0.3 is 0 Å². The average Bonchev–Trinajstić information content (AvgIpc) is 2.84. The molecule has 1 atom stereocenters. The number of rotatable bonds is 5. The van der Waals surface area contributed by atoms with E-state index >= 15 is 0 Å². The number of hydrogen-bond acceptors (Lipinski definition) is 4. The number of nitrogens with zero attached hydrogens (tertiary/aromatic N) is 1. The summed E-state index contributed by atoms with van der Waals surface area (Å²) in [4.78, 5) is 11.8. The third-order valence-corrected chi connectivity index (χ3v) is 2.48. The Balaban J connectivity index is 1.81. The number of benzene rings is 1. The van der Waals surface area contributed by atoms with E-state index in [2.05, 4.69) is 10.5 Å². The first kappa shape index (κ1) is 13.1.